The van der Waals surface area contributed by atoms with Crippen molar-refractivity contribution in [3.05, 3.63) is 107 Å². The van der Waals surface area contributed by atoms with Crippen molar-refractivity contribution in [1.29, 1.82) is 0 Å². The fraction of sp³-hybridized carbons (Fsp3) is 0.167. The first-order valence-corrected chi connectivity index (χ1v) is 13.0. The number of carbonyl (C=O) groups excluding carboxylic acids is 1. The number of nitrogens with one attached hydrogen (secondary N) is 1. The van der Waals surface area contributed by atoms with Gasteiger partial charge in [0.15, 0.2) is 10.9 Å². The summed E-state index contributed by atoms with van der Waals surface area (Å²) in [6, 6.07) is 18.8. The van der Waals surface area contributed by atoms with E-state index in [4.69, 9.17) is 18.0 Å². The number of nitrogens with zero attached hydrogens (tertiary/aromatic N) is 4. The molecular weight excluding hydrogens is 549 g/mol. The fourth-order valence-electron chi connectivity index (χ4n) is 3.97. The number of thiocarbonyl (C=S) groups is 1. The van der Waals surface area contributed by atoms with Crippen LogP contribution in [0, 0.1) is 6.92 Å². The number of hydrogen-bond donors (Lipinski definition) is 2. The standard InChI is InChI=1S/C30H27F3N6OS/c1-18(2)24-13-4-19(3)16-25(24)39(29(34)41)36-17-20-5-7-21(8-6-20)27-35-15-14-26(37-27)38-28(40)22-9-11-23(12-10-22)30(31,32)33/h4-18H,1-3H3,(H2,34,41)(H,35,37,38,40)/b36-17+. The van der Waals surface area contributed by atoms with Gasteiger partial charge in [0.2, 0.25) is 0 Å². The van der Waals surface area contributed by atoms with Crippen LogP contribution in [0.25, 0.3) is 11.4 Å². The van der Waals surface area contributed by atoms with Gasteiger partial charge >= 0.3 is 6.18 Å². The lowest BCUT2D eigenvalue weighted by Gasteiger charge is -2.22. The second kappa shape index (κ2) is 12.3. The maximum atomic E-state index is 12.8. The van der Waals surface area contributed by atoms with Gasteiger partial charge in [-0.15, -0.1) is 0 Å². The quantitative estimate of drug-likeness (QED) is 0.141. The van der Waals surface area contributed by atoms with Gasteiger partial charge in [0.25, 0.3) is 5.91 Å². The van der Waals surface area contributed by atoms with Crippen molar-refractivity contribution in [2.75, 3.05) is 10.3 Å². The molecule has 0 atom stereocenters. The molecule has 0 aliphatic heterocycles. The number of anilines is 2. The first-order valence-electron chi connectivity index (χ1n) is 12.6. The highest BCUT2D eigenvalue weighted by Crippen LogP contribution is 2.30. The van der Waals surface area contributed by atoms with Crippen molar-refractivity contribution in [3.63, 3.8) is 0 Å². The molecule has 4 aromatic rings. The minimum Gasteiger partial charge on any atom is -0.374 e. The van der Waals surface area contributed by atoms with Crippen molar-refractivity contribution >= 4 is 41.0 Å². The highest BCUT2D eigenvalue weighted by molar-refractivity contribution is 7.80. The Balaban J connectivity index is 1.49. The van der Waals surface area contributed by atoms with E-state index in [0.717, 1.165) is 46.6 Å². The Morgan fingerprint density at radius 3 is 2.34 bits per heavy atom. The average Bonchev–Trinajstić information content (AvgIpc) is 2.93. The number of rotatable bonds is 7. The van der Waals surface area contributed by atoms with Crippen LogP contribution in [0.3, 0.4) is 0 Å². The molecule has 1 aromatic heterocycles. The summed E-state index contributed by atoms with van der Waals surface area (Å²) in [6.45, 7) is 6.17. The van der Waals surface area contributed by atoms with Crippen molar-refractivity contribution in [2.24, 2.45) is 10.8 Å². The number of alkyl halides is 3. The predicted octanol–water partition coefficient (Wildman–Crippen LogP) is 6.93. The molecule has 41 heavy (non-hydrogen) atoms. The maximum absolute atomic E-state index is 12.8. The van der Waals surface area contributed by atoms with Crippen LogP contribution in [-0.2, 0) is 6.18 Å². The Morgan fingerprint density at radius 1 is 1.05 bits per heavy atom. The lowest BCUT2D eigenvalue weighted by atomic mass is 9.99. The van der Waals surface area contributed by atoms with Crippen LogP contribution in [0.15, 0.2) is 84.1 Å². The van der Waals surface area contributed by atoms with Crippen LogP contribution in [0.5, 0.6) is 0 Å². The topological polar surface area (TPSA) is 96.5 Å². The summed E-state index contributed by atoms with van der Waals surface area (Å²) in [4.78, 5) is 21.2. The third-order valence-corrected chi connectivity index (χ3v) is 6.28. The van der Waals surface area contributed by atoms with Crippen LogP contribution in [0.4, 0.5) is 24.7 Å². The first-order chi connectivity index (χ1) is 19.4. The Labute approximate surface area is 240 Å². The molecule has 1 amide bonds. The smallest absolute Gasteiger partial charge is 0.374 e. The molecule has 0 bridgehead atoms. The Kier molecular flexibility index (Phi) is 8.77. The number of amides is 1. The monoisotopic (exact) mass is 576 g/mol. The average molecular weight is 577 g/mol. The second-order valence-corrected chi connectivity index (χ2v) is 9.95. The van der Waals surface area contributed by atoms with Crippen LogP contribution < -0.4 is 16.1 Å². The summed E-state index contributed by atoms with van der Waals surface area (Å²) in [7, 11) is 0. The van der Waals surface area contributed by atoms with Crippen molar-refractivity contribution < 1.29 is 18.0 Å². The Hall–Kier alpha value is -4.64. The number of aryl methyl sites for hydroxylation is 1. The van der Waals surface area contributed by atoms with E-state index in [9.17, 15) is 18.0 Å². The minimum absolute atomic E-state index is 0.0685. The van der Waals surface area contributed by atoms with Gasteiger partial charge in [-0.25, -0.2) is 15.0 Å². The molecule has 0 saturated heterocycles. The van der Waals surface area contributed by atoms with Crippen LogP contribution in [0.2, 0.25) is 0 Å². The van der Waals surface area contributed by atoms with Crippen LogP contribution in [0.1, 0.15) is 52.4 Å². The normalized spacial score (nSPS) is 11.6. The van der Waals surface area contributed by atoms with E-state index in [1.165, 1.54) is 17.3 Å². The number of hydrogen-bond acceptors (Lipinski definition) is 5. The van der Waals surface area contributed by atoms with E-state index >= 15 is 0 Å². The molecule has 210 valence electrons. The second-order valence-electron chi connectivity index (χ2n) is 9.53. The Morgan fingerprint density at radius 2 is 1.73 bits per heavy atom. The van der Waals surface area contributed by atoms with Crippen molar-refractivity contribution in [2.45, 2.75) is 32.9 Å². The molecule has 4 rings (SSSR count). The summed E-state index contributed by atoms with van der Waals surface area (Å²) in [5.41, 5.74) is 9.66. The van der Waals surface area contributed by atoms with Crippen LogP contribution >= 0.6 is 12.2 Å². The molecule has 0 unspecified atom stereocenters. The number of nitrogens with two attached hydrogens (primary N) is 1. The summed E-state index contributed by atoms with van der Waals surface area (Å²) >= 11 is 5.28. The summed E-state index contributed by atoms with van der Waals surface area (Å²) in [5.74, 6) is 0.209. The number of halogens is 3. The molecule has 0 spiro atoms. The van der Waals surface area contributed by atoms with Gasteiger partial charge in [-0.2, -0.15) is 18.3 Å². The van der Waals surface area contributed by atoms with E-state index in [1.54, 1.807) is 18.3 Å². The lowest BCUT2D eigenvalue weighted by Crippen LogP contribution is -2.32. The number of carbonyl (C=O) groups is 1. The fourth-order valence-corrected chi connectivity index (χ4v) is 4.12. The molecule has 0 fully saturated rings. The largest absolute Gasteiger partial charge is 0.416 e. The molecule has 3 aromatic carbocycles. The third-order valence-electron chi connectivity index (χ3n) is 6.11. The van der Waals surface area contributed by atoms with Crippen molar-refractivity contribution in [1.82, 2.24) is 9.97 Å². The molecule has 3 N–H and O–H groups in total. The van der Waals surface area contributed by atoms with Gasteiger partial charge in [-0.3, -0.25) is 4.79 Å². The van der Waals surface area contributed by atoms with Gasteiger partial charge in [-0.05, 0) is 78.1 Å². The minimum atomic E-state index is -4.48. The van der Waals surface area contributed by atoms with E-state index in [-0.39, 0.29) is 22.4 Å². The summed E-state index contributed by atoms with van der Waals surface area (Å²) < 4.78 is 38.4. The number of benzene rings is 3. The molecule has 0 aliphatic carbocycles. The van der Waals surface area contributed by atoms with Gasteiger partial charge in [-0.1, -0.05) is 50.2 Å². The lowest BCUT2D eigenvalue weighted by molar-refractivity contribution is -0.137. The van der Waals surface area contributed by atoms with Crippen molar-refractivity contribution in [3.8, 4) is 11.4 Å². The molecule has 1 heterocycles. The third kappa shape index (κ3) is 7.31. The molecule has 0 aliphatic rings. The molecule has 7 nitrogen and oxygen atoms in total. The van der Waals surface area contributed by atoms with Gasteiger partial charge < -0.3 is 11.1 Å². The van der Waals surface area contributed by atoms with Gasteiger partial charge in [0, 0.05) is 17.3 Å². The van der Waals surface area contributed by atoms with E-state index < -0.39 is 17.6 Å². The van der Waals surface area contributed by atoms with Gasteiger partial charge in [0.05, 0.1) is 17.5 Å². The zero-order chi connectivity index (χ0) is 29.7. The summed E-state index contributed by atoms with van der Waals surface area (Å²) in [5, 5.41) is 8.80. The zero-order valence-electron chi connectivity index (χ0n) is 22.5. The predicted molar refractivity (Wildman–Crippen MR) is 159 cm³/mol. The summed E-state index contributed by atoms with van der Waals surface area (Å²) in [6.07, 6.45) is -1.35. The highest BCUT2D eigenvalue weighted by Gasteiger charge is 2.30. The van der Waals surface area contributed by atoms with Gasteiger partial charge in [0.1, 0.15) is 5.82 Å². The zero-order valence-corrected chi connectivity index (χ0v) is 23.3. The first kappa shape index (κ1) is 29.3. The molecule has 0 radical (unpaired) electrons. The van der Waals surface area contributed by atoms with E-state index in [2.05, 4.69) is 34.2 Å². The number of hydrazone groups is 1. The maximum Gasteiger partial charge on any atom is 0.416 e. The molecule has 0 saturated carbocycles. The molecule has 11 heteroatoms. The van der Waals surface area contributed by atoms with Crippen LogP contribution in [-0.4, -0.2) is 27.2 Å². The SMILES string of the molecule is Cc1ccc(C(C)C)c(N(/N=C/c2ccc(-c3nccc(NC(=O)c4ccc(C(F)(F)F)cc4)n3)cc2)C(N)=S)c1. The van der Waals surface area contributed by atoms with E-state index in [1.807, 2.05) is 37.3 Å². The number of aromatic nitrogens is 2. The Bertz CT molecular complexity index is 1590. The molecular formula is C30H27F3N6OS. The van der Waals surface area contributed by atoms with E-state index in [0.29, 0.717) is 11.4 Å². The highest BCUT2D eigenvalue weighted by atomic mass is 32.1.